The fourth-order valence-corrected chi connectivity index (χ4v) is 1.84. The number of benzene rings is 1. The molecule has 17 heavy (non-hydrogen) atoms. The Hall–Kier alpha value is -1.62. The lowest BCUT2D eigenvalue weighted by atomic mass is 10.3. The Morgan fingerprint density at radius 1 is 1.41 bits per heavy atom. The number of nitrogens with zero attached hydrogens (tertiary/aromatic N) is 1. The monoisotopic (exact) mass is 296 g/mol. The Bertz CT molecular complexity index is 565. The van der Waals surface area contributed by atoms with Gasteiger partial charge in [-0.2, -0.15) is 0 Å². The molecule has 0 unspecified atom stereocenters. The summed E-state index contributed by atoms with van der Waals surface area (Å²) in [6, 6.07) is 7.84. The van der Waals surface area contributed by atoms with Crippen molar-refractivity contribution in [1.82, 2.24) is 4.57 Å². The van der Waals surface area contributed by atoms with E-state index < -0.39 is 0 Å². The second kappa shape index (κ2) is 4.71. The number of rotatable bonds is 2. The van der Waals surface area contributed by atoms with Crippen molar-refractivity contribution in [3.05, 3.63) is 52.5 Å². The molecule has 3 nitrogen and oxygen atoms in total. The molecule has 2 rings (SSSR count). The van der Waals surface area contributed by atoms with E-state index in [1.54, 1.807) is 29.9 Å². The quantitative estimate of drug-likeness (QED) is 0.907. The van der Waals surface area contributed by atoms with E-state index in [4.69, 9.17) is 0 Å². The van der Waals surface area contributed by atoms with Gasteiger partial charge in [-0.1, -0.05) is 0 Å². The second-order valence-corrected chi connectivity index (χ2v) is 4.44. The molecule has 5 heteroatoms. The minimum atomic E-state index is -0.359. The average Bonchev–Trinajstić information content (AvgIpc) is 2.70. The molecule has 2 aromatic rings. The molecule has 0 saturated carbocycles. The van der Waals surface area contributed by atoms with Gasteiger partial charge in [-0.25, -0.2) is 4.39 Å². The summed E-state index contributed by atoms with van der Waals surface area (Å²) in [7, 11) is 1.79. The third-order valence-electron chi connectivity index (χ3n) is 2.35. The van der Waals surface area contributed by atoms with E-state index in [1.807, 2.05) is 0 Å². The molecule has 1 aromatic carbocycles. The van der Waals surface area contributed by atoms with Gasteiger partial charge in [-0.3, -0.25) is 4.79 Å². The van der Waals surface area contributed by atoms with Crippen molar-refractivity contribution in [3.63, 3.8) is 0 Å². The van der Waals surface area contributed by atoms with Crippen LogP contribution in [0.3, 0.4) is 0 Å². The maximum Gasteiger partial charge on any atom is 0.272 e. The normalized spacial score (nSPS) is 10.3. The predicted molar refractivity (Wildman–Crippen MR) is 67.5 cm³/mol. The molecule has 0 radical (unpaired) electrons. The van der Waals surface area contributed by atoms with Crippen LogP contribution in [0.15, 0.2) is 41.0 Å². The van der Waals surface area contributed by atoms with Crippen LogP contribution < -0.4 is 5.32 Å². The smallest absolute Gasteiger partial charge is 0.272 e. The molecule has 1 N–H and O–H groups in total. The fraction of sp³-hybridized carbons (Fsp3) is 0.0833. The van der Waals surface area contributed by atoms with Crippen molar-refractivity contribution in [2.45, 2.75) is 0 Å². The van der Waals surface area contributed by atoms with Crippen LogP contribution in [-0.4, -0.2) is 10.5 Å². The van der Waals surface area contributed by atoms with E-state index in [9.17, 15) is 9.18 Å². The van der Waals surface area contributed by atoms with Crippen LogP contribution in [0.4, 0.5) is 10.1 Å². The highest BCUT2D eigenvalue weighted by Gasteiger charge is 2.09. The minimum Gasteiger partial charge on any atom is -0.347 e. The first kappa shape index (κ1) is 11.9. The zero-order valence-electron chi connectivity index (χ0n) is 9.08. The Morgan fingerprint density at radius 2 is 2.18 bits per heavy atom. The summed E-state index contributed by atoms with van der Waals surface area (Å²) in [6.45, 7) is 0. The number of halogens is 2. The van der Waals surface area contributed by atoms with Crippen LogP contribution in [-0.2, 0) is 7.05 Å². The van der Waals surface area contributed by atoms with Gasteiger partial charge in [0.2, 0.25) is 0 Å². The van der Waals surface area contributed by atoms with Crippen molar-refractivity contribution in [3.8, 4) is 0 Å². The van der Waals surface area contributed by atoms with Gasteiger partial charge in [-0.05, 0) is 46.3 Å². The molecule has 0 aliphatic heterocycles. The predicted octanol–water partition coefficient (Wildman–Crippen LogP) is 3.18. The summed E-state index contributed by atoms with van der Waals surface area (Å²) in [5, 5.41) is 2.70. The van der Waals surface area contributed by atoms with Gasteiger partial charge >= 0.3 is 0 Å². The molecule has 0 bridgehead atoms. The number of carbonyl (C=O) groups is 1. The first-order valence-corrected chi connectivity index (χ1v) is 5.75. The Balaban J connectivity index is 2.19. The van der Waals surface area contributed by atoms with Crippen molar-refractivity contribution in [2.75, 3.05) is 5.32 Å². The molecular weight excluding hydrogens is 287 g/mol. The molecule has 0 atom stereocenters. The molecule has 1 heterocycles. The van der Waals surface area contributed by atoms with E-state index >= 15 is 0 Å². The van der Waals surface area contributed by atoms with Gasteiger partial charge in [0.15, 0.2) is 0 Å². The summed E-state index contributed by atoms with van der Waals surface area (Å²) < 4.78 is 15.0. The molecule has 0 aliphatic rings. The van der Waals surface area contributed by atoms with Crippen molar-refractivity contribution in [2.24, 2.45) is 7.05 Å². The Kier molecular flexibility index (Phi) is 3.28. The molecule has 0 aliphatic carbocycles. The van der Waals surface area contributed by atoms with Crippen LogP contribution in [0.5, 0.6) is 0 Å². The van der Waals surface area contributed by atoms with Gasteiger partial charge in [0.05, 0.1) is 4.47 Å². The van der Waals surface area contributed by atoms with Crippen LogP contribution in [0.1, 0.15) is 10.5 Å². The molecule has 1 aromatic heterocycles. The molecule has 0 spiro atoms. The lowest BCUT2D eigenvalue weighted by Crippen LogP contribution is -2.15. The molecule has 0 fully saturated rings. The van der Waals surface area contributed by atoms with Crippen LogP contribution in [0, 0.1) is 5.82 Å². The van der Waals surface area contributed by atoms with Crippen LogP contribution in [0.2, 0.25) is 0 Å². The minimum absolute atomic E-state index is 0.226. The average molecular weight is 297 g/mol. The number of anilines is 1. The summed E-state index contributed by atoms with van der Waals surface area (Å²) in [5.74, 6) is -0.585. The molecule has 88 valence electrons. The SMILES string of the molecule is Cn1cccc1C(=O)Nc1ccc(F)c(Br)c1. The van der Waals surface area contributed by atoms with Crippen LogP contribution in [0.25, 0.3) is 0 Å². The zero-order valence-corrected chi connectivity index (χ0v) is 10.7. The van der Waals surface area contributed by atoms with Gasteiger partial charge in [0, 0.05) is 18.9 Å². The first-order valence-electron chi connectivity index (χ1n) is 4.95. The highest BCUT2D eigenvalue weighted by molar-refractivity contribution is 9.10. The highest BCUT2D eigenvalue weighted by Crippen LogP contribution is 2.20. The number of aromatic nitrogens is 1. The zero-order chi connectivity index (χ0) is 12.4. The van der Waals surface area contributed by atoms with E-state index in [-0.39, 0.29) is 11.7 Å². The van der Waals surface area contributed by atoms with Gasteiger partial charge in [0.1, 0.15) is 11.5 Å². The largest absolute Gasteiger partial charge is 0.347 e. The van der Waals surface area contributed by atoms with E-state index in [2.05, 4.69) is 21.2 Å². The van der Waals surface area contributed by atoms with E-state index in [0.717, 1.165) is 0 Å². The van der Waals surface area contributed by atoms with Crippen molar-refractivity contribution >= 4 is 27.5 Å². The third kappa shape index (κ3) is 2.55. The lowest BCUT2D eigenvalue weighted by Gasteiger charge is -2.06. The van der Waals surface area contributed by atoms with Gasteiger partial charge in [0.25, 0.3) is 5.91 Å². The summed E-state index contributed by atoms with van der Waals surface area (Å²) in [5.41, 5.74) is 1.09. The molecular formula is C12H10BrFN2O. The maximum atomic E-state index is 13.0. The highest BCUT2D eigenvalue weighted by atomic mass is 79.9. The standard InChI is InChI=1S/C12H10BrFN2O/c1-16-6-2-3-11(16)12(17)15-8-4-5-10(14)9(13)7-8/h2-7H,1H3,(H,15,17). The molecule has 1 amide bonds. The van der Waals surface area contributed by atoms with Crippen molar-refractivity contribution in [1.29, 1.82) is 0 Å². The fourth-order valence-electron chi connectivity index (χ4n) is 1.47. The van der Waals surface area contributed by atoms with E-state index in [1.165, 1.54) is 18.2 Å². The van der Waals surface area contributed by atoms with Gasteiger partial charge < -0.3 is 9.88 Å². The summed E-state index contributed by atoms with van der Waals surface area (Å²) >= 11 is 3.07. The van der Waals surface area contributed by atoms with Gasteiger partial charge in [-0.15, -0.1) is 0 Å². The Labute approximate surface area is 106 Å². The summed E-state index contributed by atoms with van der Waals surface area (Å²) in [6.07, 6.45) is 1.79. The lowest BCUT2D eigenvalue weighted by molar-refractivity contribution is 0.101. The topological polar surface area (TPSA) is 34.0 Å². The maximum absolute atomic E-state index is 13.0. The molecule has 0 saturated heterocycles. The second-order valence-electron chi connectivity index (χ2n) is 3.59. The Morgan fingerprint density at radius 3 is 2.76 bits per heavy atom. The number of aryl methyl sites for hydroxylation is 1. The first-order chi connectivity index (χ1) is 8.08. The number of hydrogen-bond donors (Lipinski definition) is 1. The number of carbonyl (C=O) groups excluding carboxylic acids is 1. The summed E-state index contributed by atoms with van der Waals surface area (Å²) in [4.78, 5) is 11.9. The van der Waals surface area contributed by atoms with E-state index in [0.29, 0.717) is 15.9 Å². The number of amides is 1. The number of nitrogens with one attached hydrogen (secondary N) is 1. The van der Waals surface area contributed by atoms with Crippen molar-refractivity contribution < 1.29 is 9.18 Å². The third-order valence-corrected chi connectivity index (χ3v) is 2.96. The number of hydrogen-bond acceptors (Lipinski definition) is 1. The van der Waals surface area contributed by atoms with Crippen LogP contribution >= 0.6 is 15.9 Å².